The van der Waals surface area contributed by atoms with Gasteiger partial charge in [0.05, 0.1) is 18.2 Å². The average Bonchev–Trinajstić information content (AvgIpc) is 2.75. The van der Waals surface area contributed by atoms with Gasteiger partial charge in [-0.25, -0.2) is 18.4 Å². The molecule has 30 heavy (non-hydrogen) atoms. The van der Waals surface area contributed by atoms with E-state index in [0.717, 1.165) is 6.42 Å². The van der Waals surface area contributed by atoms with Gasteiger partial charge in [-0.1, -0.05) is 6.07 Å². The number of rotatable bonds is 6. The lowest BCUT2D eigenvalue weighted by atomic mass is 9.73. The first-order valence-electron chi connectivity index (χ1n) is 10.2. The van der Waals surface area contributed by atoms with Gasteiger partial charge in [-0.15, -0.1) is 0 Å². The Kier molecular flexibility index (Phi) is 5.75. The van der Waals surface area contributed by atoms with Crippen LogP contribution in [0.2, 0.25) is 0 Å². The maximum absolute atomic E-state index is 13.1. The van der Waals surface area contributed by atoms with E-state index in [9.17, 15) is 13.2 Å². The Balaban J connectivity index is 1.50. The standard InChI is InChI=1S/C21H26N4O4S/c1-14(2)29-16-7-9-19(23-12-16)24-21(26)17-11-15-6-8-18(17)25(13-15)30(27,28)20-5-3-4-10-22-20/h3-5,7,9-10,12,14-15,17-18H,6,8,11,13H2,1-2H3,(H,23,24,26). The number of carbonyl (C=O) groups is 1. The van der Waals surface area contributed by atoms with Crippen LogP contribution in [0.3, 0.4) is 0 Å². The van der Waals surface area contributed by atoms with Gasteiger partial charge in [0.1, 0.15) is 11.6 Å². The van der Waals surface area contributed by atoms with Crippen molar-refractivity contribution in [3.63, 3.8) is 0 Å². The largest absolute Gasteiger partial charge is 0.489 e. The van der Waals surface area contributed by atoms with Crippen LogP contribution < -0.4 is 10.1 Å². The van der Waals surface area contributed by atoms with Gasteiger partial charge in [-0.3, -0.25) is 4.79 Å². The zero-order valence-corrected chi connectivity index (χ0v) is 17.9. The minimum Gasteiger partial charge on any atom is -0.489 e. The molecule has 1 amide bonds. The van der Waals surface area contributed by atoms with E-state index in [1.807, 2.05) is 13.8 Å². The summed E-state index contributed by atoms with van der Waals surface area (Å²) in [6.45, 7) is 4.30. The molecule has 1 aliphatic carbocycles. The number of amides is 1. The third-order valence-corrected chi connectivity index (χ3v) is 7.44. The lowest BCUT2D eigenvalue weighted by Crippen LogP contribution is -2.57. The second-order valence-corrected chi connectivity index (χ2v) is 9.97. The zero-order chi connectivity index (χ0) is 21.3. The first-order valence-corrected chi connectivity index (χ1v) is 11.6. The summed E-state index contributed by atoms with van der Waals surface area (Å²) in [5.74, 6) is 0.614. The van der Waals surface area contributed by atoms with E-state index >= 15 is 0 Å². The maximum atomic E-state index is 13.1. The van der Waals surface area contributed by atoms with Crippen molar-refractivity contribution in [1.82, 2.24) is 14.3 Å². The summed E-state index contributed by atoms with van der Waals surface area (Å²) in [6.07, 6.45) is 5.36. The van der Waals surface area contributed by atoms with E-state index in [4.69, 9.17) is 4.74 Å². The van der Waals surface area contributed by atoms with Crippen molar-refractivity contribution in [2.75, 3.05) is 11.9 Å². The fourth-order valence-corrected chi connectivity index (χ4v) is 6.04. The third kappa shape index (κ3) is 4.17. The summed E-state index contributed by atoms with van der Waals surface area (Å²) < 4.78 is 33.3. The van der Waals surface area contributed by atoms with Gasteiger partial charge in [0.2, 0.25) is 5.91 Å². The smallest absolute Gasteiger partial charge is 0.260 e. The molecule has 5 rings (SSSR count). The monoisotopic (exact) mass is 430 g/mol. The van der Waals surface area contributed by atoms with Gasteiger partial charge in [-0.2, -0.15) is 4.31 Å². The molecule has 2 aromatic heterocycles. The predicted molar refractivity (Wildman–Crippen MR) is 111 cm³/mol. The van der Waals surface area contributed by atoms with E-state index in [1.165, 1.54) is 16.6 Å². The number of carbonyl (C=O) groups excluding carboxylic acids is 1. The van der Waals surface area contributed by atoms with Crippen molar-refractivity contribution in [3.8, 4) is 5.75 Å². The SMILES string of the molecule is CC(C)Oc1ccc(NC(=O)C2CC3CCC2N(S(=O)(=O)c2ccccn2)C3)nc1. The van der Waals surface area contributed by atoms with Crippen LogP contribution in [-0.2, 0) is 14.8 Å². The van der Waals surface area contributed by atoms with E-state index in [1.54, 1.807) is 30.5 Å². The number of aromatic nitrogens is 2. The minimum atomic E-state index is -3.74. The molecule has 2 aromatic rings. The van der Waals surface area contributed by atoms with E-state index in [2.05, 4.69) is 15.3 Å². The van der Waals surface area contributed by atoms with E-state index in [0.29, 0.717) is 31.0 Å². The van der Waals surface area contributed by atoms with Crippen LogP contribution in [0, 0.1) is 11.8 Å². The Hall–Kier alpha value is -2.52. The lowest BCUT2D eigenvalue weighted by molar-refractivity contribution is -0.125. The minimum absolute atomic E-state index is 0.0270. The fraction of sp³-hybridized carbons (Fsp3) is 0.476. The van der Waals surface area contributed by atoms with Crippen LogP contribution in [0.15, 0.2) is 47.8 Å². The molecule has 9 heteroatoms. The molecule has 1 saturated carbocycles. The molecular weight excluding hydrogens is 404 g/mol. The maximum Gasteiger partial charge on any atom is 0.260 e. The average molecular weight is 431 g/mol. The number of ether oxygens (including phenoxy) is 1. The first kappa shape index (κ1) is 20.7. The van der Waals surface area contributed by atoms with Crippen LogP contribution in [-0.4, -0.2) is 47.3 Å². The molecule has 4 heterocycles. The normalized spacial score (nSPS) is 24.0. The first-order chi connectivity index (χ1) is 14.3. The summed E-state index contributed by atoms with van der Waals surface area (Å²) in [5.41, 5.74) is 0. The number of nitrogens with zero attached hydrogens (tertiary/aromatic N) is 3. The van der Waals surface area contributed by atoms with Crippen molar-refractivity contribution in [1.29, 1.82) is 0 Å². The highest BCUT2D eigenvalue weighted by atomic mass is 32.2. The quantitative estimate of drug-likeness (QED) is 0.756. The van der Waals surface area contributed by atoms with Gasteiger partial charge in [-0.05, 0) is 63.3 Å². The van der Waals surface area contributed by atoms with Gasteiger partial charge < -0.3 is 10.1 Å². The predicted octanol–water partition coefficient (Wildman–Crippen LogP) is 2.69. The number of fused-ring (bicyclic) bond motifs is 3. The van der Waals surface area contributed by atoms with E-state index in [-0.39, 0.29) is 29.0 Å². The number of piperidine rings is 2. The van der Waals surface area contributed by atoms with Crippen molar-refractivity contribution in [3.05, 3.63) is 42.7 Å². The Morgan fingerprint density at radius 3 is 2.67 bits per heavy atom. The summed E-state index contributed by atoms with van der Waals surface area (Å²) in [6, 6.07) is 7.92. The number of sulfonamides is 1. The molecule has 0 spiro atoms. The Bertz CT molecular complexity index is 995. The summed E-state index contributed by atoms with van der Waals surface area (Å²) in [7, 11) is -3.74. The topological polar surface area (TPSA) is 101 Å². The Labute approximate surface area is 176 Å². The van der Waals surface area contributed by atoms with Crippen LogP contribution in [0.4, 0.5) is 5.82 Å². The molecule has 1 N–H and O–H groups in total. The van der Waals surface area contributed by atoms with Crippen LogP contribution in [0.25, 0.3) is 0 Å². The van der Waals surface area contributed by atoms with E-state index < -0.39 is 15.9 Å². The molecule has 3 fully saturated rings. The molecule has 2 saturated heterocycles. The molecule has 2 aliphatic heterocycles. The second kappa shape index (κ2) is 8.31. The van der Waals surface area contributed by atoms with Gasteiger partial charge in [0.15, 0.2) is 5.03 Å². The number of hydrogen-bond acceptors (Lipinski definition) is 6. The zero-order valence-electron chi connectivity index (χ0n) is 17.1. The highest BCUT2D eigenvalue weighted by Gasteiger charge is 2.49. The molecule has 3 atom stereocenters. The molecule has 3 aliphatic rings. The van der Waals surface area contributed by atoms with Gasteiger partial charge >= 0.3 is 0 Å². The van der Waals surface area contributed by atoms with Crippen molar-refractivity contribution < 1.29 is 17.9 Å². The highest BCUT2D eigenvalue weighted by Crippen LogP contribution is 2.42. The number of hydrogen-bond donors (Lipinski definition) is 1. The Morgan fingerprint density at radius 1 is 1.20 bits per heavy atom. The van der Waals surface area contributed by atoms with Gasteiger partial charge in [0.25, 0.3) is 10.0 Å². The Morgan fingerprint density at radius 2 is 2.03 bits per heavy atom. The summed E-state index contributed by atoms with van der Waals surface area (Å²) in [4.78, 5) is 21.3. The molecular formula is C21H26N4O4S. The molecule has 0 aromatic carbocycles. The highest BCUT2D eigenvalue weighted by molar-refractivity contribution is 7.89. The van der Waals surface area contributed by atoms with Crippen molar-refractivity contribution >= 4 is 21.7 Å². The fourth-order valence-electron chi connectivity index (χ4n) is 4.34. The molecule has 3 unspecified atom stereocenters. The molecule has 8 nitrogen and oxygen atoms in total. The van der Waals surface area contributed by atoms with Crippen molar-refractivity contribution in [2.24, 2.45) is 11.8 Å². The van der Waals surface area contributed by atoms with Crippen molar-refractivity contribution in [2.45, 2.75) is 50.3 Å². The van der Waals surface area contributed by atoms with Crippen LogP contribution in [0.5, 0.6) is 5.75 Å². The number of pyridine rings is 2. The van der Waals surface area contributed by atoms with Crippen LogP contribution in [0.1, 0.15) is 33.1 Å². The molecule has 160 valence electrons. The molecule has 0 radical (unpaired) electrons. The summed E-state index contributed by atoms with van der Waals surface area (Å²) in [5, 5.41) is 2.87. The summed E-state index contributed by atoms with van der Waals surface area (Å²) >= 11 is 0. The third-order valence-electron chi connectivity index (χ3n) is 5.64. The van der Waals surface area contributed by atoms with Gasteiger partial charge in [0, 0.05) is 18.8 Å². The number of nitrogens with one attached hydrogen (secondary N) is 1. The second-order valence-electron chi connectivity index (χ2n) is 8.13. The number of anilines is 1. The van der Waals surface area contributed by atoms with Crippen LogP contribution >= 0.6 is 0 Å². The lowest BCUT2D eigenvalue weighted by Gasteiger charge is -2.48. The molecule has 2 bridgehead atoms.